The summed E-state index contributed by atoms with van der Waals surface area (Å²) in [6.45, 7) is 4.67. The lowest BCUT2D eigenvalue weighted by atomic mass is 9.70. The third-order valence-corrected chi connectivity index (χ3v) is 3.97. The molecule has 0 atom stereocenters. The van der Waals surface area contributed by atoms with Gasteiger partial charge in [-0.15, -0.1) is 0 Å². The fourth-order valence-electron chi connectivity index (χ4n) is 2.51. The fraction of sp³-hybridized carbons (Fsp3) is 0.600. The first kappa shape index (κ1) is 12.4. The van der Waals surface area contributed by atoms with E-state index in [1.807, 2.05) is 12.1 Å². The van der Waals surface area contributed by atoms with Crippen LogP contribution in [0.5, 0.6) is 0 Å². The van der Waals surface area contributed by atoms with Crippen molar-refractivity contribution >= 4 is 5.69 Å². The summed E-state index contributed by atoms with van der Waals surface area (Å²) in [7, 11) is 0. The van der Waals surface area contributed by atoms with E-state index in [0.29, 0.717) is 5.41 Å². The first-order valence-electron chi connectivity index (χ1n) is 6.74. The van der Waals surface area contributed by atoms with Crippen molar-refractivity contribution in [2.45, 2.75) is 39.0 Å². The molecule has 0 heterocycles. The summed E-state index contributed by atoms with van der Waals surface area (Å²) in [6, 6.07) is 8.17. The van der Waals surface area contributed by atoms with Crippen LogP contribution in [0, 0.1) is 5.41 Å². The molecule has 2 rings (SSSR count). The fourth-order valence-corrected chi connectivity index (χ4v) is 2.51. The molecule has 0 spiro atoms. The second-order valence-electron chi connectivity index (χ2n) is 5.64. The first-order valence-corrected chi connectivity index (χ1v) is 6.74. The van der Waals surface area contributed by atoms with Crippen LogP contribution in [0.15, 0.2) is 24.3 Å². The van der Waals surface area contributed by atoms with Gasteiger partial charge in [0.05, 0.1) is 0 Å². The van der Waals surface area contributed by atoms with Gasteiger partial charge in [-0.05, 0) is 49.3 Å². The summed E-state index contributed by atoms with van der Waals surface area (Å²) in [5.41, 5.74) is 8.71. The first-order chi connectivity index (χ1) is 8.20. The number of nitrogens with two attached hydrogens (primary N) is 1. The number of hydrogen-bond donors (Lipinski definition) is 2. The molecule has 0 unspecified atom stereocenters. The molecule has 17 heavy (non-hydrogen) atoms. The van der Waals surface area contributed by atoms with E-state index in [1.54, 1.807) is 0 Å². The standard InChI is InChI=1S/C15H24N2/c1-15(9-5-10-15)12-17-11-4-7-13-6-2-3-8-14(13)16/h2-3,6,8,17H,4-5,7,9-12,16H2,1H3. The molecule has 1 saturated carbocycles. The molecule has 1 aromatic rings. The van der Waals surface area contributed by atoms with Crippen molar-refractivity contribution in [3.63, 3.8) is 0 Å². The maximum Gasteiger partial charge on any atom is 0.0346 e. The van der Waals surface area contributed by atoms with Gasteiger partial charge in [-0.1, -0.05) is 31.5 Å². The maximum atomic E-state index is 5.91. The van der Waals surface area contributed by atoms with E-state index in [9.17, 15) is 0 Å². The van der Waals surface area contributed by atoms with Gasteiger partial charge in [0.2, 0.25) is 0 Å². The molecule has 1 aliphatic rings. The Labute approximate surface area is 105 Å². The van der Waals surface area contributed by atoms with E-state index in [1.165, 1.54) is 37.8 Å². The summed E-state index contributed by atoms with van der Waals surface area (Å²) >= 11 is 0. The zero-order valence-corrected chi connectivity index (χ0v) is 10.8. The lowest BCUT2D eigenvalue weighted by Gasteiger charge is -2.38. The smallest absolute Gasteiger partial charge is 0.0346 e. The number of benzene rings is 1. The average molecular weight is 232 g/mol. The highest BCUT2D eigenvalue weighted by Gasteiger charge is 2.30. The summed E-state index contributed by atoms with van der Waals surface area (Å²) in [6.07, 6.45) is 6.46. The minimum absolute atomic E-state index is 0.589. The molecule has 1 aliphatic carbocycles. The highest BCUT2D eigenvalue weighted by molar-refractivity contribution is 5.46. The van der Waals surface area contributed by atoms with E-state index in [-0.39, 0.29) is 0 Å². The topological polar surface area (TPSA) is 38.0 Å². The SMILES string of the molecule is CC1(CNCCCc2ccccc2N)CCC1. The third-order valence-electron chi connectivity index (χ3n) is 3.97. The van der Waals surface area contributed by atoms with Gasteiger partial charge in [0.25, 0.3) is 0 Å². The molecule has 1 aromatic carbocycles. The number of para-hydroxylation sites is 1. The molecule has 3 N–H and O–H groups in total. The monoisotopic (exact) mass is 232 g/mol. The van der Waals surface area contributed by atoms with Gasteiger partial charge in [-0.25, -0.2) is 0 Å². The molecule has 0 bridgehead atoms. The van der Waals surface area contributed by atoms with Crippen LogP contribution in [0.3, 0.4) is 0 Å². The molecule has 0 saturated heterocycles. The Hall–Kier alpha value is -1.02. The predicted octanol–water partition coefficient (Wildman–Crippen LogP) is 2.98. The number of nitrogen functional groups attached to an aromatic ring is 1. The van der Waals surface area contributed by atoms with Gasteiger partial charge in [0.15, 0.2) is 0 Å². The third kappa shape index (κ3) is 3.47. The van der Waals surface area contributed by atoms with Gasteiger partial charge in [-0.3, -0.25) is 0 Å². The quantitative estimate of drug-likeness (QED) is 0.584. The highest BCUT2D eigenvalue weighted by atomic mass is 14.9. The minimum Gasteiger partial charge on any atom is -0.399 e. The number of aryl methyl sites for hydroxylation is 1. The second kappa shape index (κ2) is 5.54. The van der Waals surface area contributed by atoms with E-state index >= 15 is 0 Å². The van der Waals surface area contributed by atoms with Crippen LogP contribution < -0.4 is 11.1 Å². The van der Waals surface area contributed by atoms with Crippen molar-refractivity contribution in [3.8, 4) is 0 Å². The number of hydrogen-bond acceptors (Lipinski definition) is 2. The molecule has 94 valence electrons. The van der Waals surface area contributed by atoms with E-state index in [2.05, 4.69) is 24.4 Å². The predicted molar refractivity (Wildman–Crippen MR) is 74.0 cm³/mol. The molecule has 1 fully saturated rings. The van der Waals surface area contributed by atoms with E-state index in [0.717, 1.165) is 18.7 Å². The van der Waals surface area contributed by atoms with Gasteiger partial charge >= 0.3 is 0 Å². The number of nitrogens with one attached hydrogen (secondary N) is 1. The van der Waals surface area contributed by atoms with Crippen molar-refractivity contribution in [2.75, 3.05) is 18.8 Å². The van der Waals surface area contributed by atoms with Crippen LogP contribution in [0.25, 0.3) is 0 Å². The molecule has 0 radical (unpaired) electrons. The van der Waals surface area contributed by atoms with Crippen LogP contribution in [0.2, 0.25) is 0 Å². The Morgan fingerprint density at radius 3 is 2.71 bits per heavy atom. The second-order valence-corrected chi connectivity index (χ2v) is 5.64. The Bertz CT molecular complexity index is 356. The summed E-state index contributed by atoms with van der Waals surface area (Å²) in [5, 5.41) is 3.58. The maximum absolute atomic E-state index is 5.91. The van der Waals surface area contributed by atoms with Crippen LogP contribution in [0.4, 0.5) is 5.69 Å². The summed E-state index contributed by atoms with van der Waals surface area (Å²) in [5.74, 6) is 0. The van der Waals surface area contributed by atoms with Gasteiger partial charge in [-0.2, -0.15) is 0 Å². The van der Waals surface area contributed by atoms with Crippen LogP contribution in [0.1, 0.15) is 38.2 Å². The number of rotatable bonds is 6. The normalized spacial score (nSPS) is 17.7. The van der Waals surface area contributed by atoms with Crippen molar-refractivity contribution < 1.29 is 0 Å². The minimum atomic E-state index is 0.589. The Morgan fingerprint density at radius 1 is 1.29 bits per heavy atom. The van der Waals surface area contributed by atoms with Crippen LogP contribution in [-0.4, -0.2) is 13.1 Å². The summed E-state index contributed by atoms with van der Waals surface area (Å²) < 4.78 is 0. The van der Waals surface area contributed by atoms with Crippen molar-refractivity contribution in [3.05, 3.63) is 29.8 Å². The molecule has 0 amide bonds. The zero-order chi connectivity index (χ0) is 12.1. The highest BCUT2D eigenvalue weighted by Crippen LogP contribution is 2.39. The van der Waals surface area contributed by atoms with Gasteiger partial charge < -0.3 is 11.1 Å². The molecule has 2 heteroatoms. The van der Waals surface area contributed by atoms with Crippen molar-refractivity contribution in [1.29, 1.82) is 0 Å². The molecular weight excluding hydrogens is 208 g/mol. The van der Waals surface area contributed by atoms with Crippen molar-refractivity contribution in [1.82, 2.24) is 5.32 Å². The summed E-state index contributed by atoms with van der Waals surface area (Å²) in [4.78, 5) is 0. The zero-order valence-electron chi connectivity index (χ0n) is 10.8. The Morgan fingerprint density at radius 2 is 2.06 bits per heavy atom. The average Bonchev–Trinajstić information content (AvgIpc) is 2.29. The molecular formula is C15H24N2. The lowest BCUT2D eigenvalue weighted by Crippen LogP contribution is -2.37. The van der Waals surface area contributed by atoms with Crippen molar-refractivity contribution in [2.24, 2.45) is 5.41 Å². The van der Waals surface area contributed by atoms with E-state index in [4.69, 9.17) is 5.73 Å². The Kier molecular flexibility index (Phi) is 4.06. The Balaban J connectivity index is 1.62. The lowest BCUT2D eigenvalue weighted by molar-refractivity contribution is 0.157. The van der Waals surface area contributed by atoms with Crippen LogP contribution >= 0.6 is 0 Å². The molecule has 0 aromatic heterocycles. The number of anilines is 1. The van der Waals surface area contributed by atoms with Gasteiger partial charge in [0.1, 0.15) is 0 Å². The van der Waals surface area contributed by atoms with Gasteiger partial charge in [0, 0.05) is 12.2 Å². The van der Waals surface area contributed by atoms with Crippen LogP contribution in [-0.2, 0) is 6.42 Å². The molecule has 2 nitrogen and oxygen atoms in total. The largest absolute Gasteiger partial charge is 0.399 e. The molecule has 0 aliphatic heterocycles. The van der Waals surface area contributed by atoms with E-state index < -0.39 is 0 Å².